The summed E-state index contributed by atoms with van der Waals surface area (Å²) in [6.07, 6.45) is 0.215. The Kier molecular flexibility index (Phi) is 5.17. The van der Waals surface area contributed by atoms with Crippen molar-refractivity contribution in [3.05, 3.63) is 64.2 Å². The van der Waals surface area contributed by atoms with Crippen LogP contribution in [-0.4, -0.2) is 19.0 Å². The first-order chi connectivity index (χ1) is 10.5. The van der Waals surface area contributed by atoms with Gasteiger partial charge in [-0.05, 0) is 30.2 Å². The molecule has 2 aromatic rings. The van der Waals surface area contributed by atoms with Crippen LogP contribution in [0.3, 0.4) is 0 Å². The summed E-state index contributed by atoms with van der Waals surface area (Å²) >= 11 is 6.07. The molecule has 0 radical (unpaired) electrons. The number of anilines is 1. The van der Waals surface area contributed by atoms with E-state index in [4.69, 9.17) is 16.3 Å². The lowest BCUT2D eigenvalue weighted by Crippen LogP contribution is -2.17. The maximum Gasteiger partial charge on any atom is 0.339 e. The van der Waals surface area contributed by atoms with Crippen LogP contribution in [0, 0.1) is 6.92 Å². The van der Waals surface area contributed by atoms with Gasteiger partial charge in [0.2, 0.25) is 5.91 Å². The molecule has 0 aliphatic rings. The molecule has 1 N–H and O–H groups in total. The normalized spacial score (nSPS) is 10.1. The molecule has 0 saturated carbocycles. The van der Waals surface area contributed by atoms with Gasteiger partial charge in [-0.25, -0.2) is 4.79 Å². The van der Waals surface area contributed by atoms with Crippen LogP contribution in [0.25, 0.3) is 0 Å². The van der Waals surface area contributed by atoms with Crippen molar-refractivity contribution in [3.8, 4) is 0 Å². The van der Waals surface area contributed by atoms with E-state index in [9.17, 15) is 9.59 Å². The number of amides is 1. The van der Waals surface area contributed by atoms with Gasteiger partial charge in [-0.1, -0.05) is 41.9 Å². The van der Waals surface area contributed by atoms with Crippen LogP contribution in [-0.2, 0) is 16.0 Å². The highest BCUT2D eigenvalue weighted by Gasteiger charge is 2.16. The Labute approximate surface area is 134 Å². The summed E-state index contributed by atoms with van der Waals surface area (Å²) in [6, 6.07) is 12.5. The highest BCUT2D eigenvalue weighted by molar-refractivity contribution is 6.32. The monoisotopic (exact) mass is 317 g/mol. The fourth-order valence-electron chi connectivity index (χ4n) is 2.04. The van der Waals surface area contributed by atoms with Gasteiger partial charge in [0, 0.05) is 5.02 Å². The number of benzene rings is 2. The summed E-state index contributed by atoms with van der Waals surface area (Å²) in [5.41, 5.74) is 2.26. The number of methoxy groups -OCH3 is 1. The lowest BCUT2D eigenvalue weighted by molar-refractivity contribution is -0.115. The number of aryl methyl sites for hydroxylation is 1. The first-order valence-electron chi connectivity index (χ1n) is 6.73. The Morgan fingerprint density at radius 1 is 1.18 bits per heavy atom. The van der Waals surface area contributed by atoms with Crippen molar-refractivity contribution in [2.45, 2.75) is 13.3 Å². The standard InChI is InChI=1S/C17H16ClNO3/c1-11-8-13(17(21)22-2)15(10-14(11)18)19-16(20)9-12-6-4-3-5-7-12/h3-8,10H,9H2,1-2H3,(H,19,20). The van der Waals surface area contributed by atoms with E-state index in [0.717, 1.165) is 11.1 Å². The van der Waals surface area contributed by atoms with Crippen LogP contribution in [0.1, 0.15) is 21.5 Å². The first kappa shape index (κ1) is 16.0. The third-order valence-corrected chi connectivity index (χ3v) is 3.59. The molecule has 0 aliphatic heterocycles. The maximum atomic E-state index is 12.1. The number of hydrogen-bond donors (Lipinski definition) is 1. The average molecular weight is 318 g/mol. The first-order valence-corrected chi connectivity index (χ1v) is 7.11. The zero-order valence-corrected chi connectivity index (χ0v) is 13.1. The summed E-state index contributed by atoms with van der Waals surface area (Å²) in [5.74, 6) is -0.744. The SMILES string of the molecule is COC(=O)c1cc(C)c(Cl)cc1NC(=O)Cc1ccccc1. The Bertz CT molecular complexity index is 699. The molecule has 2 aromatic carbocycles. The van der Waals surface area contributed by atoms with Gasteiger partial charge in [0.15, 0.2) is 0 Å². The molecule has 0 bridgehead atoms. The van der Waals surface area contributed by atoms with E-state index in [-0.39, 0.29) is 17.9 Å². The molecule has 5 heteroatoms. The molecule has 0 aromatic heterocycles. The van der Waals surface area contributed by atoms with Crippen molar-refractivity contribution < 1.29 is 14.3 Å². The fourth-order valence-corrected chi connectivity index (χ4v) is 2.20. The van der Waals surface area contributed by atoms with E-state index < -0.39 is 5.97 Å². The van der Waals surface area contributed by atoms with Crippen molar-refractivity contribution in [3.63, 3.8) is 0 Å². The summed E-state index contributed by atoms with van der Waals surface area (Å²) < 4.78 is 4.74. The van der Waals surface area contributed by atoms with Gasteiger partial charge < -0.3 is 10.1 Å². The van der Waals surface area contributed by atoms with E-state index in [0.29, 0.717) is 10.7 Å². The van der Waals surface area contributed by atoms with Crippen molar-refractivity contribution in [1.29, 1.82) is 0 Å². The highest BCUT2D eigenvalue weighted by Crippen LogP contribution is 2.26. The second-order valence-electron chi connectivity index (χ2n) is 4.85. The van der Waals surface area contributed by atoms with E-state index in [1.807, 2.05) is 30.3 Å². The predicted octanol–water partition coefficient (Wildman–Crippen LogP) is 3.62. The number of rotatable bonds is 4. The van der Waals surface area contributed by atoms with Crippen LogP contribution in [0.4, 0.5) is 5.69 Å². The van der Waals surface area contributed by atoms with Crippen molar-refractivity contribution >= 4 is 29.2 Å². The number of carbonyl (C=O) groups excluding carboxylic acids is 2. The molecule has 1 amide bonds. The minimum absolute atomic E-state index is 0.215. The van der Waals surface area contributed by atoms with Gasteiger partial charge in [-0.15, -0.1) is 0 Å². The molecular formula is C17H16ClNO3. The molecule has 0 spiro atoms. The average Bonchev–Trinajstić information content (AvgIpc) is 2.50. The molecule has 0 heterocycles. The zero-order valence-electron chi connectivity index (χ0n) is 12.4. The summed E-state index contributed by atoms with van der Waals surface area (Å²) in [4.78, 5) is 24.0. The van der Waals surface area contributed by atoms with Crippen LogP contribution in [0.5, 0.6) is 0 Å². The summed E-state index contributed by atoms with van der Waals surface area (Å²) in [6.45, 7) is 1.78. The Morgan fingerprint density at radius 3 is 2.50 bits per heavy atom. The van der Waals surface area contributed by atoms with Gasteiger partial charge in [-0.2, -0.15) is 0 Å². The van der Waals surface area contributed by atoms with Crippen molar-refractivity contribution in [2.75, 3.05) is 12.4 Å². The fraction of sp³-hybridized carbons (Fsp3) is 0.176. The summed E-state index contributed by atoms with van der Waals surface area (Å²) in [7, 11) is 1.29. The van der Waals surface area contributed by atoms with Crippen molar-refractivity contribution in [2.24, 2.45) is 0 Å². The predicted molar refractivity (Wildman–Crippen MR) is 86.3 cm³/mol. The van der Waals surface area contributed by atoms with E-state index in [1.54, 1.807) is 19.1 Å². The second-order valence-corrected chi connectivity index (χ2v) is 5.26. The molecule has 2 rings (SSSR count). The third kappa shape index (κ3) is 3.86. The highest BCUT2D eigenvalue weighted by atomic mass is 35.5. The topological polar surface area (TPSA) is 55.4 Å². The Hall–Kier alpha value is -2.33. The molecule has 0 fully saturated rings. The Morgan fingerprint density at radius 2 is 1.86 bits per heavy atom. The molecule has 114 valence electrons. The van der Waals surface area contributed by atoms with Gasteiger partial charge >= 0.3 is 5.97 Å². The quantitative estimate of drug-likeness (QED) is 0.876. The van der Waals surface area contributed by atoms with Crippen LogP contribution in [0.15, 0.2) is 42.5 Å². The number of hydrogen-bond acceptors (Lipinski definition) is 3. The number of halogens is 1. The molecule has 4 nitrogen and oxygen atoms in total. The zero-order chi connectivity index (χ0) is 16.1. The molecular weight excluding hydrogens is 302 g/mol. The van der Waals surface area contributed by atoms with Gasteiger partial charge in [0.05, 0.1) is 24.8 Å². The minimum Gasteiger partial charge on any atom is -0.465 e. The van der Waals surface area contributed by atoms with Crippen LogP contribution in [0.2, 0.25) is 5.02 Å². The lowest BCUT2D eigenvalue weighted by atomic mass is 10.1. The van der Waals surface area contributed by atoms with Crippen LogP contribution >= 0.6 is 11.6 Å². The van der Waals surface area contributed by atoms with Crippen molar-refractivity contribution in [1.82, 2.24) is 0 Å². The number of esters is 1. The minimum atomic E-state index is -0.519. The smallest absolute Gasteiger partial charge is 0.339 e. The second kappa shape index (κ2) is 7.09. The van der Waals surface area contributed by atoms with Gasteiger partial charge in [0.25, 0.3) is 0 Å². The number of nitrogens with one attached hydrogen (secondary N) is 1. The molecule has 0 atom stereocenters. The molecule has 0 aliphatic carbocycles. The third-order valence-electron chi connectivity index (χ3n) is 3.19. The molecule has 22 heavy (non-hydrogen) atoms. The lowest BCUT2D eigenvalue weighted by Gasteiger charge is -2.12. The van der Waals surface area contributed by atoms with E-state index in [1.165, 1.54) is 7.11 Å². The van der Waals surface area contributed by atoms with Gasteiger partial charge in [-0.3, -0.25) is 4.79 Å². The number of ether oxygens (including phenoxy) is 1. The van der Waals surface area contributed by atoms with Crippen LogP contribution < -0.4 is 5.32 Å². The largest absolute Gasteiger partial charge is 0.465 e. The van der Waals surface area contributed by atoms with E-state index in [2.05, 4.69) is 5.32 Å². The summed E-state index contributed by atoms with van der Waals surface area (Å²) in [5, 5.41) is 3.19. The van der Waals surface area contributed by atoms with Gasteiger partial charge in [0.1, 0.15) is 0 Å². The number of carbonyl (C=O) groups is 2. The van der Waals surface area contributed by atoms with E-state index >= 15 is 0 Å². The Balaban J connectivity index is 2.23. The molecule has 0 unspecified atom stereocenters. The molecule has 0 saturated heterocycles. The maximum absolute atomic E-state index is 12.1.